The summed E-state index contributed by atoms with van der Waals surface area (Å²) in [7, 11) is 0. The summed E-state index contributed by atoms with van der Waals surface area (Å²) in [6.45, 7) is 2.94. The molecule has 0 radical (unpaired) electrons. The molecule has 0 N–H and O–H groups in total. The topological polar surface area (TPSA) is 20.3 Å². The molecule has 2 atom stereocenters. The van der Waals surface area contributed by atoms with E-state index in [4.69, 9.17) is 0 Å². The molecule has 0 saturated carbocycles. The van der Waals surface area contributed by atoms with Gasteiger partial charge >= 0.3 is 0 Å². The van der Waals surface area contributed by atoms with E-state index in [0.29, 0.717) is 6.04 Å². The van der Waals surface area contributed by atoms with Crippen molar-refractivity contribution in [3.8, 4) is 0 Å². The van der Waals surface area contributed by atoms with Gasteiger partial charge in [-0.25, -0.2) is 0 Å². The highest BCUT2D eigenvalue weighted by atomic mass is 16.1. The van der Waals surface area contributed by atoms with Gasteiger partial charge in [0, 0.05) is 18.7 Å². The Morgan fingerprint density at radius 2 is 2.45 bits per heavy atom. The van der Waals surface area contributed by atoms with Crippen molar-refractivity contribution in [1.29, 1.82) is 0 Å². The second-order valence-corrected chi connectivity index (χ2v) is 3.12. The van der Waals surface area contributed by atoms with Gasteiger partial charge < -0.3 is 4.90 Å². The minimum absolute atomic E-state index is 0.138. The molecule has 11 heavy (non-hydrogen) atoms. The summed E-state index contributed by atoms with van der Waals surface area (Å²) in [5.41, 5.74) is 0. The Morgan fingerprint density at radius 3 is 3.27 bits per heavy atom. The summed E-state index contributed by atoms with van der Waals surface area (Å²) in [6.07, 6.45) is 7.80. The second kappa shape index (κ2) is 2.22. The fraction of sp³-hybridized carbons (Fsp3) is 0.444. The molecule has 2 heterocycles. The number of nitrogens with zero attached hydrogens (tertiary/aromatic N) is 1. The van der Waals surface area contributed by atoms with Crippen LogP contribution >= 0.6 is 0 Å². The van der Waals surface area contributed by atoms with Crippen LogP contribution in [0, 0.1) is 5.92 Å². The van der Waals surface area contributed by atoms with Gasteiger partial charge in [-0.15, -0.1) is 0 Å². The van der Waals surface area contributed by atoms with Crippen LogP contribution in [-0.2, 0) is 4.79 Å². The molecule has 2 heteroatoms. The molecular formula is C9H11NO. The summed E-state index contributed by atoms with van der Waals surface area (Å²) in [5, 5.41) is 0. The Morgan fingerprint density at radius 1 is 1.64 bits per heavy atom. The highest BCUT2D eigenvalue weighted by Crippen LogP contribution is 2.23. The molecule has 0 aliphatic carbocycles. The van der Waals surface area contributed by atoms with Crippen LogP contribution in [-0.4, -0.2) is 23.3 Å². The third-order valence-electron chi connectivity index (χ3n) is 2.42. The highest BCUT2D eigenvalue weighted by Gasteiger charge is 2.29. The standard InChI is InChI=1S/C9H11NO/c1-7-8-3-2-5-10(8)6-4-9(7)11/h2-4,6-8H,5H2,1H3. The Balaban J connectivity index is 2.29. The Bertz CT molecular complexity index is 242. The second-order valence-electron chi connectivity index (χ2n) is 3.12. The van der Waals surface area contributed by atoms with Gasteiger partial charge in [-0.3, -0.25) is 4.79 Å². The van der Waals surface area contributed by atoms with Gasteiger partial charge in [0.25, 0.3) is 0 Å². The van der Waals surface area contributed by atoms with Crippen molar-refractivity contribution in [2.45, 2.75) is 13.0 Å². The van der Waals surface area contributed by atoms with Gasteiger partial charge in [0.15, 0.2) is 5.78 Å². The maximum atomic E-state index is 11.2. The average Bonchev–Trinajstić information content (AvgIpc) is 2.45. The third kappa shape index (κ3) is 0.897. The number of allylic oxidation sites excluding steroid dienone is 1. The Kier molecular flexibility index (Phi) is 1.34. The molecule has 0 aromatic carbocycles. The molecule has 0 fully saturated rings. The maximum absolute atomic E-state index is 11.2. The van der Waals surface area contributed by atoms with Crippen LogP contribution in [0.1, 0.15) is 6.92 Å². The van der Waals surface area contributed by atoms with E-state index in [1.54, 1.807) is 6.08 Å². The van der Waals surface area contributed by atoms with Crippen LogP contribution < -0.4 is 0 Å². The number of rotatable bonds is 0. The number of hydrogen-bond acceptors (Lipinski definition) is 2. The molecule has 2 aliphatic rings. The monoisotopic (exact) mass is 149 g/mol. The van der Waals surface area contributed by atoms with E-state index in [2.05, 4.69) is 17.1 Å². The number of ketones is 1. The van der Waals surface area contributed by atoms with E-state index in [1.807, 2.05) is 13.1 Å². The Labute approximate surface area is 66.2 Å². The van der Waals surface area contributed by atoms with Crippen LogP contribution in [0.5, 0.6) is 0 Å². The predicted octanol–water partition coefficient (Wildman–Crippen LogP) is 0.959. The zero-order chi connectivity index (χ0) is 7.84. The van der Waals surface area contributed by atoms with Gasteiger partial charge in [-0.2, -0.15) is 0 Å². The highest BCUT2D eigenvalue weighted by molar-refractivity contribution is 5.93. The summed E-state index contributed by atoms with van der Waals surface area (Å²) in [4.78, 5) is 13.4. The van der Waals surface area contributed by atoms with Gasteiger partial charge in [-0.05, 0) is 6.08 Å². The molecule has 2 aliphatic heterocycles. The first kappa shape index (κ1) is 6.65. The molecule has 0 saturated heterocycles. The zero-order valence-corrected chi connectivity index (χ0v) is 6.53. The molecule has 2 nitrogen and oxygen atoms in total. The fourth-order valence-electron chi connectivity index (χ4n) is 1.66. The van der Waals surface area contributed by atoms with E-state index in [9.17, 15) is 4.79 Å². The van der Waals surface area contributed by atoms with E-state index in [-0.39, 0.29) is 11.7 Å². The molecule has 2 rings (SSSR count). The van der Waals surface area contributed by atoms with Gasteiger partial charge in [-0.1, -0.05) is 19.1 Å². The lowest BCUT2D eigenvalue weighted by molar-refractivity contribution is -0.119. The number of fused-ring (bicyclic) bond motifs is 1. The lowest BCUT2D eigenvalue weighted by Gasteiger charge is -2.30. The summed E-state index contributed by atoms with van der Waals surface area (Å²) in [5.74, 6) is 0.386. The van der Waals surface area contributed by atoms with E-state index in [0.717, 1.165) is 6.54 Å². The van der Waals surface area contributed by atoms with Gasteiger partial charge in [0.05, 0.1) is 6.04 Å². The molecule has 0 spiro atoms. The summed E-state index contributed by atoms with van der Waals surface area (Å²) < 4.78 is 0. The van der Waals surface area contributed by atoms with Crippen LogP contribution in [0.3, 0.4) is 0 Å². The number of carbonyl (C=O) groups excluding carboxylic acids is 1. The molecule has 0 bridgehead atoms. The van der Waals surface area contributed by atoms with Crippen molar-refractivity contribution in [3.63, 3.8) is 0 Å². The van der Waals surface area contributed by atoms with Crippen LogP contribution in [0.2, 0.25) is 0 Å². The van der Waals surface area contributed by atoms with Crippen LogP contribution in [0.4, 0.5) is 0 Å². The maximum Gasteiger partial charge on any atom is 0.162 e. The molecular weight excluding hydrogens is 138 g/mol. The molecule has 58 valence electrons. The largest absolute Gasteiger partial charge is 0.366 e. The summed E-state index contributed by atoms with van der Waals surface area (Å²) >= 11 is 0. The molecule has 0 amide bonds. The minimum Gasteiger partial charge on any atom is -0.366 e. The van der Waals surface area contributed by atoms with Crippen molar-refractivity contribution in [1.82, 2.24) is 4.90 Å². The first-order valence-electron chi connectivity index (χ1n) is 3.93. The van der Waals surface area contributed by atoms with E-state index >= 15 is 0 Å². The quantitative estimate of drug-likeness (QED) is 0.478. The molecule has 0 aromatic rings. The van der Waals surface area contributed by atoms with Crippen molar-refractivity contribution in [2.24, 2.45) is 5.92 Å². The predicted molar refractivity (Wildman–Crippen MR) is 42.9 cm³/mol. The number of carbonyl (C=O) groups is 1. The molecule has 2 unspecified atom stereocenters. The number of hydrogen-bond donors (Lipinski definition) is 0. The molecule has 0 aromatic heterocycles. The van der Waals surface area contributed by atoms with E-state index in [1.165, 1.54) is 0 Å². The van der Waals surface area contributed by atoms with Crippen molar-refractivity contribution < 1.29 is 4.79 Å². The first-order valence-corrected chi connectivity index (χ1v) is 3.93. The van der Waals surface area contributed by atoms with Crippen LogP contribution in [0.25, 0.3) is 0 Å². The van der Waals surface area contributed by atoms with Crippen molar-refractivity contribution in [2.75, 3.05) is 6.54 Å². The normalized spacial score (nSPS) is 34.6. The summed E-state index contributed by atoms with van der Waals surface area (Å²) in [6, 6.07) is 0.326. The van der Waals surface area contributed by atoms with Crippen molar-refractivity contribution >= 4 is 5.78 Å². The first-order chi connectivity index (χ1) is 5.29. The van der Waals surface area contributed by atoms with Gasteiger partial charge in [0.1, 0.15) is 0 Å². The lowest BCUT2D eigenvalue weighted by atomic mass is 9.94. The zero-order valence-electron chi connectivity index (χ0n) is 6.53. The minimum atomic E-state index is 0.138. The van der Waals surface area contributed by atoms with Gasteiger partial charge in [0.2, 0.25) is 0 Å². The SMILES string of the molecule is CC1C(=O)C=CN2CC=CC12. The smallest absolute Gasteiger partial charge is 0.162 e. The third-order valence-corrected chi connectivity index (χ3v) is 2.42. The lowest BCUT2D eigenvalue weighted by Crippen LogP contribution is -2.37. The van der Waals surface area contributed by atoms with Crippen LogP contribution in [0.15, 0.2) is 24.4 Å². The fourth-order valence-corrected chi connectivity index (χ4v) is 1.66. The average molecular weight is 149 g/mol. The Hall–Kier alpha value is -1.05. The van der Waals surface area contributed by atoms with Crippen molar-refractivity contribution in [3.05, 3.63) is 24.4 Å². The van der Waals surface area contributed by atoms with E-state index < -0.39 is 0 Å².